The largest absolute Gasteiger partial charge is 0.497 e. The molecule has 162 valence electrons. The van der Waals surface area contributed by atoms with Gasteiger partial charge in [0.15, 0.2) is 0 Å². The quantitative estimate of drug-likeness (QED) is 0.557. The van der Waals surface area contributed by atoms with Crippen LogP contribution in [0.4, 0.5) is 11.4 Å². The molecule has 6 nitrogen and oxygen atoms in total. The van der Waals surface area contributed by atoms with Gasteiger partial charge in [0, 0.05) is 22.6 Å². The first-order valence-electron chi connectivity index (χ1n) is 10.1. The fraction of sp³-hybridized carbons (Fsp3) is 0.160. The van der Waals surface area contributed by atoms with E-state index in [4.69, 9.17) is 4.74 Å². The molecule has 32 heavy (non-hydrogen) atoms. The second-order valence-corrected chi connectivity index (χ2v) is 8.70. The van der Waals surface area contributed by atoms with Crippen molar-refractivity contribution in [3.8, 4) is 5.75 Å². The predicted octanol–water partition coefficient (Wildman–Crippen LogP) is 4.68. The molecule has 1 atom stereocenters. The predicted molar refractivity (Wildman–Crippen MR) is 125 cm³/mol. The molecule has 1 N–H and O–H groups in total. The van der Waals surface area contributed by atoms with E-state index in [1.165, 1.54) is 16.7 Å². The van der Waals surface area contributed by atoms with Gasteiger partial charge in [0.1, 0.15) is 5.75 Å². The first-order valence-corrected chi connectivity index (χ1v) is 11.0. The Labute approximate surface area is 190 Å². The summed E-state index contributed by atoms with van der Waals surface area (Å²) in [5.74, 6) is 0.0204. The SMILES string of the molecule is COc1ccc(N2C(=O)CC(Sc3ccc(NC(=O)c4ccc(C)cc4)cc3)C2=O)cc1. The van der Waals surface area contributed by atoms with Gasteiger partial charge in [-0.25, -0.2) is 4.90 Å². The van der Waals surface area contributed by atoms with Gasteiger partial charge in [0.25, 0.3) is 5.91 Å². The van der Waals surface area contributed by atoms with Crippen molar-refractivity contribution in [2.45, 2.75) is 23.5 Å². The average Bonchev–Trinajstić information content (AvgIpc) is 3.08. The van der Waals surface area contributed by atoms with Crippen molar-refractivity contribution in [2.24, 2.45) is 0 Å². The Balaban J connectivity index is 1.39. The van der Waals surface area contributed by atoms with Crippen molar-refractivity contribution in [3.05, 3.63) is 83.9 Å². The fourth-order valence-electron chi connectivity index (χ4n) is 3.39. The number of imide groups is 1. The van der Waals surface area contributed by atoms with Gasteiger partial charge in [-0.1, -0.05) is 17.7 Å². The van der Waals surface area contributed by atoms with E-state index >= 15 is 0 Å². The lowest BCUT2D eigenvalue weighted by Crippen LogP contribution is -2.31. The van der Waals surface area contributed by atoms with Gasteiger partial charge in [0.2, 0.25) is 11.8 Å². The second kappa shape index (κ2) is 9.28. The van der Waals surface area contributed by atoms with Crippen molar-refractivity contribution in [2.75, 3.05) is 17.3 Å². The van der Waals surface area contributed by atoms with Gasteiger partial charge < -0.3 is 10.1 Å². The normalized spacial score (nSPS) is 15.7. The van der Waals surface area contributed by atoms with Crippen LogP contribution in [0.1, 0.15) is 22.3 Å². The Kier molecular flexibility index (Phi) is 6.28. The van der Waals surface area contributed by atoms with E-state index in [1.807, 2.05) is 31.2 Å². The number of carbonyl (C=O) groups is 3. The lowest BCUT2D eigenvalue weighted by atomic mass is 10.1. The maximum Gasteiger partial charge on any atom is 0.255 e. The number of rotatable bonds is 6. The number of nitrogens with one attached hydrogen (secondary N) is 1. The Morgan fingerprint density at radius 2 is 1.62 bits per heavy atom. The van der Waals surface area contributed by atoms with Crippen molar-refractivity contribution < 1.29 is 19.1 Å². The topological polar surface area (TPSA) is 75.7 Å². The molecule has 0 aliphatic carbocycles. The average molecular weight is 447 g/mol. The highest BCUT2D eigenvalue weighted by Crippen LogP contribution is 2.34. The maximum atomic E-state index is 12.9. The summed E-state index contributed by atoms with van der Waals surface area (Å²) in [6.45, 7) is 1.97. The molecule has 1 unspecified atom stereocenters. The molecular weight excluding hydrogens is 424 g/mol. The number of hydrogen-bond acceptors (Lipinski definition) is 5. The minimum absolute atomic E-state index is 0.140. The third-order valence-electron chi connectivity index (χ3n) is 5.14. The molecular formula is C25H22N2O4S. The number of methoxy groups -OCH3 is 1. The highest BCUT2D eigenvalue weighted by molar-refractivity contribution is 8.00. The van der Waals surface area contributed by atoms with Crippen LogP contribution in [-0.4, -0.2) is 30.1 Å². The summed E-state index contributed by atoms with van der Waals surface area (Å²) in [4.78, 5) is 39.8. The number of ether oxygens (including phenoxy) is 1. The molecule has 7 heteroatoms. The highest BCUT2D eigenvalue weighted by Gasteiger charge is 2.40. The number of nitrogens with zero attached hydrogens (tertiary/aromatic N) is 1. The lowest BCUT2D eigenvalue weighted by Gasteiger charge is -2.15. The van der Waals surface area contributed by atoms with Crippen molar-refractivity contribution in [1.29, 1.82) is 0 Å². The van der Waals surface area contributed by atoms with Gasteiger partial charge in [-0.2, -0.15) is 0 Å². The molecule has 0 saturated carbocycles. The van der Waals surface area contributed by atoms with E-state index in [1.54, 1.807) is 55.6 Å². The van der Waals surface area contributed by atoms with Crippen molar-refractivity contribution in [3.63, 3.8) is 0 Å². The molecule has 3 aromatic rings. The summed E-state index contributed by atoms with van der Waals surface area (Å²) in [7, 11) is 1.56. The minimum atomic E-state index is -0.488. The molecule has 0 spiro atoms. The molecule has 1 aliphatic rings. The van der Waals surface area contributed by atoms with Crippen molar-refractivity contribution >= 4 is 40.9 Å². The number of thioether (sulfide) groups is 1. The number of anilines is 2. The summed E-state index contributed by atoms with van der Waals surface area (Å²) in [5.41, 5.74) is 2.88. The van der Waals surface area contributed by atoms with Crippen LogP contribution in [0.25, 0.3) is 0 Å². The molecule has 0 bridgehead atoms. The van der Waals surface area contributed by atoms with Crippen LogP contribution in [-0.2, 0) is 9.59 Å². The summed E-state index contributed by atoms with van der Waals surface area (Å²) >= 11 is 1.35. The van der Waals surface area contributed by atoms with E-state index in [9.17, 15) is 14.4 Å². The molecule has 1 saturated heterocycles. The van der Waals surface area contributed by atoms with E-state index in [0.29, 0.717) is 22.7 Å². The Bertz CT molecular complexity index is 1140. The Morgan fingerprint density at radius 1 is 0.969 bits per heavy atom. The van der Waals surface area contributed by atoms with E-state index in [0.717, 1.165) is 10.5 Å². The summed E-state index contributed by atoms with van der Waals surface area (Å²) in [6, 6.07) is 21.5. The molecule has 1 fully saturated rings. The van der Waals surface area contributed by atoms with Crippen LogP contribution in [0.15, 0.2) is 77.7 Å². The molecule has 0 aromatic heterocycles. The number of amides is 3. The van der Waals surface area contributed by atoms with Crippen LogP contribution in [0.3, 0.4) is 0 Å². The maximum absolute atomic E-state index is 12.9. The molecule has 4 rings (SSSR count). The van der Waals surface area contributed by atoms with Gasteiger partial charge in [-0.15, -0.1) is 11.8 Å². The monoisotopic (exact) mass is 446 g/mol. The molecule has 0 radical (unpaired) electrons. The molecule has 3 aromatic carbocycles. The van der Waals surface area contributed by atoms with Crippen molar-refractivity contribution in [1.82, 2.24) is 0 Å². The Hall–Kier alpha value is -3.58. The van der Waals surface area contributed by atoms with Crippen LogP contribution >= 0.6 is 11.8 Å². The van der Waals surface area contributed by atoms with Gasteiger partial charge in [0.05, 0.1) is 18.0 Å². The van der Waals surface area contributed by atoms with E-state index in [-0.39, 0.29) is 24.1 Å². The van der Waals surface area contributed by atoms with Gasteiger partial charge in [-0.05, 0) is 67.6 Å². The minimum Gasteiger partial charge on any atom is -0.497 e. The van der Waals surface area contributed by atoms with Crippen LogP contribution in [0.5, 0.6) is 5.75 Å². The van der Waals surface area contributed by atoms with Crippen LogP contribution in [0, 0.1) is 6.92 Å². The van der Waals surface area contributed by atoms with E-state index in [2.05, 4.69) is 5.32 Å². The van der Waals surface area contributed by atoms with Gasteiger partial charge in [-0.3, -0.25) is 14.4 Å². The zero-order chi connectivity index (χ0) is 22.7. The summed E-state index contributed by atoms with van der Waals surface area (Å²) in [6.07, 6.45) is 0.140. The van der Waals surface area contributed by atoms with Crippen LogP contribution in [0.2, 0.25) is 0 Å². The fourth-order valence-corrected chi connectivity index (χ4v) is 4.44. The zero-order valence-corrected chi connectivity index (χ0v) is 18.5. The summed E-state index contributed by atoms with van der Waals surface area (Å²) < 4.78 is 5.13. The third kappa shape index (κ3) is 4.68. The Morgan fingerprint density at radius 3 is 2.25 bits per heavy atom. The standard InChI is InChI=1S/C25H22N2O4S/c1-16-3-5-17(6-4-16)24(29)26-18-7-13-21(14-8-18)32-22-15-23(28)27(25(22)30)19-9-11-20(31-2)12-10-19/h3-14,22H,15H2,1-2H3,(H,26,29). The lowest BCUT2D eigenvalue weighted by molar-refractivity contribution is -0.121. The van der Waals surface area contributed by atoms with E-state index < -0.39 is 5.25 Å². The van der Waals surface area contributed by atoms with Gasteiger partial charge >= 0.3 is 0 Å². The first-order chi connectivity index (χ1) is 15.4. The summed E-state index contributed by atoms with van der Waals surface area (Å²) in [5, 5.41) is 2.38. The third-order valence-corrected chi connectivity index (χ3v) is 6.34. The number of aryl methyl sites for hydroxylation is 1. The molecule has 3 amide bonds. The highest BCUT2D eigenvalue weighted by atomic mass is 32.2. The number of hydrogen-bond donors (Lipinski definition) is 1. The zero-order valence-electron chi connectivity index (χ0n) is 17.7. The first kappa shape index (κ1) is 21.6. The smallest absolute Gasteiger partial charge is 0.255 e. The molecule has 1 aliphatic heterocycles. The molecule has 1 heterocycles. The van der Waals surface area contributed by atoms with Crippen LogP contribution < -0.4 is 15.0 Å². The number of carbonyl (C=O) groups excluding carboxylic acids is 3. The number of benzene rings is 3. The second-order valence-electron chi connectivity index (χ2n) is 7.42.